The van der Waals surface area contributed by atoms with Crippen molar-refractivity contribution >= 4 is 17.9 Å². The van der Waals surface area contributed by atoms with Gasteiger partial charge in [-0.2, -0.15) is 0 Å². The molecule has 0 bridgehead atoms. The molecule has 2 aliphatic rings. The van der Waals surface area contributed by atoms with Gasteiger partial charge < -0.3 is 9.64 Å². The molecule has 1 heterocycles. The molecule has 0 aromatic heterocycles. The molecule has 0 unspecified atom stereocenters. The van der Waals surface area contributed by atoms with E-state index in [2.05, 4.69) is 0 Å². The van der Waals surface area contributed by atoms with Gasteiger partial charge in [-0.15, -0.1) is 0 Å². The van der Waals surface area contributed by atoms with Crippen molar-refractivity contribution in [3.05, 3.63) is 35.4 Å². The van der Waals surface area contributed by atoms with Gasteiger partial charge in [-0.25, -0.2) is 4.79 Å². The van der Waals surface area contributed by atoms with Gasteiger partial charge in [0.25, 0.3) is 11.8 Å². The van der Waals surface area contributed by atoms with E-state index >= 15 is 0 Å². The summed E-state index contributed by atoms with van der Waals surface area (Å²) in [6.07, 6.45) is 7.17. The number of amides is 3. The van der Waals surface area contributed by atoms with Crippen LogP contribution in [0.25, 0.3) is 0 Å². The highest BCUT2D eigenvalue weighted by Crippen LogP contribution is 2.26. The average molecular weight is 415 g/mol. The third-order valence-electron chi connectivity index (χ3n) is 5.79. The minimum Gasteiger partial charge on any atom is -0.444 e. The van der Waals surface area contributed by atoms with E-state index in [0.29, 0.717) is 36.6 Å². The number of hydrogen-bond donors (Lipinski definition) is 0. The van der Waals surface area contributed by atoms with E-state index in [1.54, 1.807) is 24.3 Å². The molecule has 6 heteroatoms. The average Bonchev–Trinajstić information content (AvgIpc) is 2.94. The number of benzene rings is 1. The molecule has 0 radical (unpaired) electrons. The van der Waals surface area contributed by atoms with Gasteiger partial charge in [-0.3, -0.25) is 14.5 Å². The standard InChI is InChI=1S/C24H34N2O4/c1-24(2,3)30-23(29)25(17-18-11-5-4-6-12-18)15-9-10-16-26-21(27)19-13-7-8-14-20(19)22(26)28/h7-8,13-14,18H,4-6,9-12,15-17H2,1-3H3. The van der Waals surface area contributed by atoms with Crippen molar-refractivity contribution in [3.8, 4) is 0 Å². The predicted molar refractivity (Wildman–Crippen MR) is 115 cm³/mol. The summed E-state index contributed by atoms with van der Waals surface area (Å²) in [6.45, 7) is 7.32. The molecule has 30 heavy (non-hydrogen) atoms. The second-order valence-electron chi connectivity index (χ2n) is 9.45. The van der Waals surface area contributed by atoms with Crippen molar-refractivity contribution in [1.29, 1.82) is 0 Å². The van der Waals surface area contributed by atoms with E-state index < -0.39 is 5.60 Å². The van der Waals surface area contributed by atoms with Crippen molar-refractivity contribution in [3.63, 3.8) is 0 Å². The van der Waals surface area contributed by atoms with Gasteiger partial charge in [0.05, 0.1) is 11.1 Å². The Bertz CT molecular complexity index is 743. The number of carbonyl (C=O) groups excluding carboxylic acids is 3. The summed E-state index contributed by atoms with van der Waals surface area (Å²) in [5.41, 5.74) is 0.438. The monoisotopic (exact) mass is 414 g/mol. The van der Waals surface area contributed by atoms with E-state index in [1.165, 1.54) is 24.2 Å². The number of fused-ring (bicyclic) bond motifs is 1. The molecule has 0 saturated heterocycles. The molecular formula is C24H34N2O4. The van der Waals surface area contributed by atoms with Gasteiger partial charge in [0.2, 0.25) is 0 Å². The number of ether oxygens (including phenoxy) is 1. The Labute approximate surface area is 179 Å². The molecule has 0 spiro atoms. The lowest BCUT2D eigenvalue weighted by atomic mass is 9.89. The predicted octanol–water partition coefficient (Wildman–Crippen LogP) is 4.88. The Balaban J connectivity index is 1.53. The molecular weight excluding hydrogens is 380 g/mol. The minimum atomic E-state index is -0.526. The molecule has 3 amide bonds. The molecule has 6 nitrogen and oxygen atoms in total. The molecule has 164 valence electrons. The number of rotatable bonds is 7. The number of unbranched alkanes of at least 4 members (excludes halogenated alkanes) is 1. The van der Waals surface area contributed by atoms with Crippen molar-refractivity contribution in [2.24, 2.45) is 5.92 Å². The molecule has 1 fully saturated rings. The van der Waals surface area contributed by atoms with Crippen LogP contribution in [0, 0.1) is 5.92 Å². The van der Waals surface area contributed by atoms with Crippen LogP contribution in [0.3, 0.4) is 0 Å². The first-order valence-electron chi connectivity index (χ1n) is 11.2. The first kappa shape index (κ1) is 22.3. The highest BCUT2D eigenvalue weighted by Gasteiger charge is 2.34. The first-order chi connectivity index (χ1) is 14.3. The van der Waals surface area contributed by atoms with Crippen LogP contribution in [0.5, 0.6) is 0 Å². The number of hydrogen-bond acceptors (Lipinski definition) is 4. The van der Waals surface area contributed by atoms with Gasteiger partial charge >= 0.3 is 6.09 Å². The summed E-state index contributed by atoms with van der Waals surface area (Å²) in [6, 6.07) is 6.95. The van der Waals surface area contributed by atoms with E-state index in [0.717, 1.165) is 25.8 Å². The maximum absolute atomic E-state index is 12.7. The second kappa shape index (κ2) is 9.63. The van der Waals surface area contributed by atoms with Crippen LogP contribution < -0.4 is 0 Å². The smallest absolute Gasteiger partial charge is 0.410 e. The Hall–Kier alpha value is -2.37. The topological polar surface area (TPSA) is 66.9 Å². The first-order valence-corrected chi connectivity index (χ1v) is 11.2. The summed E-state index contributed by atoms with van der Waals surface area (Å²) in [4.78, 5) is 40.8. The molecule has 1 saturated carbocycles. The number of nitrogens with zero attached hydrogens (tertiary/aromatic N) is 2. The maximum Gasteiger partial charge on any atom is 0.410 e. The summed E-state index contributed by atoms with van der Waals surface area (Å²) >= 11 is 0. The van der Waals surface area contributed by atoms with Crippen molar-refractivity contribution in [2.45, 2.75) is 71.3 Å². The lowest BCUT2D eigenvalue weighted by Crippen LogP contribution is -2.40. The van der Waals surface area contributed by atoms with Crippen molar-refractivity contribution in [1.82, 2.24) is 9.80 Å². The van der Waals surface area contributed by atoms with E-state index in [9.17, 15) is 14.4 Å². The summed E-state index contributed by atoms with van der Waals surface area (Å²) in [5, 5.41) is 0. The van der Waals surface area contributed by atoms with Crippen LogP contribution in [0.2, 0.25) is 0 Å². The molecule has 0 N–H and O–H groups in total. The Morgan fingerprint density at radius 1 is 1.03 bits per heavy atom. The molecule has 1 aromatic rings. The molecule has 1 aromatic carbocycles. The molecule has 1 aliphatic heterocycles. The van der Waals surface area contributed by atoms with E-state index in [4.69, 9.17) is 4.74 Å². The summed E-state index contributed by atoms with van der Waals surface area (Å²) in [5.74, 6) is 0.0890. The van der Waals surface area contributed by atoms with Crippen LogP contribution in [0.1, 0.15) is 86.4 Å². The molecule has 3 rings (SSSR count). The Kier molecular flexibility index (Phi) is 7.16. The summed E-state index contributed by atoms with van der Waals surface area (Å²) in [7, 11) is 0. The normalized spacial score (nSPS) is 17.2. The van der Waals surface area contributed by atoms with Gasteiger partial charge in [0.1, 0.15) is 5.60 Å². The SMILES string of the molecule is CC(C)(C)OC(=O)N(CCCCN1C(=O)c2ccccc2C1=O)CC1CCCCC1. The Morgan fingerprint density at radius 3 is 2.20 bits per heavy atom. The third kappa shape index (κ3) is 5.61. The fourth-order valence-electron chi connectivity index (χ4n) is 4.28. The van der Waals surface area contributed by atoms with Crippen LogP contribution in [0.15, 0.2) is 24.3 Å². The zero-order valence-corrected chi connectivity index (χ0v) is 18.5. The van der Waals surface area contributed by atoms with Crippen molar-refractivity contribution < 1.29 is 19.1 Å². The van der Waals surface area contributed by atoms with Gasteiger partial charge in [-0.1, -0.05) is 31.4 Å². The molecule has 0 atom stereocenters. The minimum absolute atomic E-state index is 0.221. The maximum atomic E-state index is 12.7. The van der Waals surface area contributed by atoms with Crippen LogP contribution >= 0.6 is 0 Å². The number of imide groups is 1. The van der Waals surface area contributed by atoms with Gasteiger partial charge in [-0.05, 0) is 64.5 Å². The molecule has 1 aliphatic carbocycles. The highest BCUT2D eigenvalue weighted by atomic mass is 16.6. The van der Waals surface area contributed by atoms with Gasteiger partial charge in [0, 0.05) is 19.6 Å². The second-order valence-corrected chi connectivity index (χ2v) is 9.45. The van der Waals surface area contributed by atoms with Gasteiger partial charge in [0.15, 0.2) is 0 Å². The van der Waals surface area contributed by atoms with E-state index in [-0.39, 0.29) is 17.9 Å². The Morgan fingerprint density at radius 2 is 1.63 bits per heavy atom. The zero-order valence-electron chi connectivity index (χ0n) is 18.5. The zero-order chi connectivity index (χ0) is 21.7. The summed E-state index contributed by atoms with van der Waals surface area (Å²) < 4.78 is 5.62. The third-order valence-corrected chi connectivity index (χ3v) is 5.79. The van der Waals surface area contributed by atoms with E-state index in [1.807, 2.05) is 25.7 Å². The highest BCUT2D eigenvalue weighted by molar-refractivity contribution is 6.21. The number of carbonyl (C=O) groups is 3. The quantitative estimate of drug-likeness (QED) is 0.471. The largest absolute Gasteiger partial charge is 0.444 e. The lowest BCUT2D eigenvalue weighted by molar-refractivity contribution is 0.0202. The fraction of sp³-hybridized carbons (Fsp3) is 0.625. The lowest BCUT2D eigenvalue weighted by Gasteiger charge is -2.32. The van der Waals surface area contributed by atoms with Crippen LogP contribution in [0.4, 0.5) is 4.79 Å². The fourth-order valence-corrected chi connectivity index (χ4v) is 4.28. The van der Waals surface area contributed by atoms with Crippen LogP contribution in [-0.2, 0) is 4.74 Å². The van der Waals surface area contributed by atoms with Crippen LogP contribution in [-0.4, -0.2) is 52.9 Å². The van der Waals surface area contributed by atoms with Crippen molar-refractivity contribution in [2.75, 3.05) is 19.6 Å².